The van der Waals surface area contributed by atoms with Gasteiger partial charge < -0.3 is 40.4 Å². The molecular formula is C28H40N7O10P. The minimum Gasteiger partial charge on any atom is -0.465 e. The van der Waals surface area contributed by atoms with Gasteiger partial charge >= 0.3 is 19.7 Å². The SMILES string of the molecule is CCOC(=O)[C@H](C)NP(=O)(OC[C@H]1O[C@@H](n2cnc3c(N)nc(N)nc32)[C@](C)(O)[C@@H]1O)Oc1ccccc1CCC(=O)OC(C)C. The number of ether oxygens (including phenoxy) is 3. The van der Waals surface area contributed by atoms with Gasteiger partial charge in [0.05, 0.1) is 25.6 Å². The lowest BCUT2D eigenvalue weighted by Crippen LogP contribution is -2.44. The normalized spacial score (nSPS) is 23.3. The molecule has 6 atom stereocenters. The summed E-state index contributed by atoms with van der Waals surface area (Å²) in [6.45, 7) is 7.36. The van der Waals surface area contributed by atoms with Crippen molar-refractivity contribution in [3.8, 4) is 5.75 Å². The van der Waals surface area contributed by atoms with E-state index in [1.807, 2.05) is 0 Å². The summed E-state index contributed by atoms with van der Waals surface area (Å²) < 4.78 is 43.4. The zero-order valence-electron chi connectivity index (χ0n) is 26.2. The second kappa shape index (κ2) is 14.3. The van der Waals surface area contributed by atoms with E-state index in [0.717, 1.165) is 0 Å². The van der Waals surface area contributed by atoms with Crippen LogP contribution in [0.4, 0.5) is 11.8 Å². The van der Waals surface area contributed by atoms with Crippen molar-refractivity contribution in [1.82, 2.24) is 24.6 Å². The van der Waals surface area contributed by atoms with E-state index in [1.165, 1.54) is 30.8 Å². The van der Waals surface area contributed by atoms with Crippen molar-refractivity contribution < 1.29 is 47.6 Å². The van der Waals surface area contributed by atoms with E-state index in [9.17, 15) is 24.4 Å². The summed E-state index contributed by atoms with van der Waals surface area (Å²) >= 11 is 0. The van der Waals surface area contributed by atoms with Gasteiger partial charge in [-0.2, -0.15) is 15.1 Å². The van der Waals surface area contributed by atoms with Crippen molar-refractivity contribution in [3.05, 3.63) is 36.2 Å². The van der Waals surface area contributed by atoms with E-state index in [0.29, 0.717) is 5.56 Å². The Bertz CT molecular complexity index is 1600. The number of esters is 2. The van der Waals surface area contributed by atoms with Gasteiger partial charge in [-0.25, -0.2) is 9.55 Å². The van der Waals surface area contributed by atoms with Crippen LogP contribution < -0.4 is 21.1 Å². The number of aryl methyl sites for hydroxylation is 1. The molecule has 1 aliphatic rings. The van der Waals surface area contributed by atoms with Crippen molar-refractivity contribution in [3.63, 3.8) is 0 Å². The summed E-state index contributed by atoms with van der Waals surface area (Å²) in [6, 6.07) is 5.42. The number of nitrogens with zero attached hydrogens (tertiary/aromatic N) is 4. The van der Waals surface area contributed by atoms with Crippen molar-refractivity contribution >= 4 is 42.6 Å². The standard InChI is InChI=1S/C28H40N7O10P/c1-6-41-25(38)16(4)34-46(40,45-18-10-8-7-9-17(18)11-12-20(36)43-15(2)3)42-13-19-22(37)28(5,39)26(44-19)35-14-31-21-23(29)32-27(30)33-24(21)35/h7-10,14-16,19,22,26,37,39H,6,11-13H2,1-5H3,(H,34,40)(H4,29,30,32,33)/t16-,19+,22+,26+,28+,46?/m0/s1. The maximum atomic E-state index is 14.2. The Morgan fingerprint density at radius 1 is 1.22 bits per heavy atom. The van der Waals surface area contributed by atoms with Crippen molar-refractivity contribution in [2.45, 2.75) is 83.6 Å². The van der Waals surface area contributed by atoms with Crippen molar-refractivity contribution in [2.75, 3.05) is 24.7 Å². The van der Waals surface area contributed by atoms with Gasteiger partial charge in [-0.3, -0.25) is 18.7 Å². The first kappa shape index (κ1) is 35.0. The summed E-state index contributed by atoms with van der Waals surface area (Å²) in [4.78, 5) is 36.8. The molecule has 0 amide bonds. The van der Waals surface area contributed by atoms with Gasteiger partial charge in [0.1, 0.15) is 35.1 Å². The van der Waals surface area contributed by atoms with Gasteiger partial charge in [-0.15, -0.1) is 0 Å². The second-order valence-corrected chi connectivity index (χ2v) is 12.8. The quantitative estimate of drug-likeness (QED) is 0.121. The van der Waals surface area contributed by atoms with Crippen LogP contribution in [0.5, 0.6) is 5.75 Å². The number of fused-ring (bicyclic) bond motifs is 1. The van der Waals surface area contributed by atoms with E-state index in [2.05, 4.69) is 20.0 Å². The molecule has 7 N–H and O–H groups in total. The molecule has 0 aliphatic carbocycles. The molecule has 46 heavy (non-hydrogen) atoms. The van der Waals surface area contributed by atoms with Crippen LogP contribution in [0.25, 0.3) is 11.2 Å². The van der Waals surface area contributed by atoms with E-state index < -0.39 is 56.4 Å². The van der Waals surface area contributed by atoms with Crippen LogP contribution in [0.1, 0.15) is 52.8 Å². The Balaban J connectivity index is 1.57. The van der Waals surface area contributed by atoms with Gasteiger partial charge in [0.2, 0.25) is 5.95 Å². The maximum absolute atomic E-state index is 14.2. The lowest BCUT2D eigenvalue weighted by molar-refractivity contribution is -0.147. The third-order valence-corrected chi connectivity index (χ3v) is 8.66. The summed E-state index contributed by atoms with van der Waals surface area (Å²) in [5.41, 5.74) is 10.6. The number of aromatic nitrogens is 4. The molecule has 0 spiro atoms. The van der Waals surface area contributed by atoms with Crippen LogP contribution >= 0.6 is 7.75 Å². The van der Waals surface area contributed by atoms with Crippen LogP contribution in [0.3, 0.4) is 0 Å². The molecule has 17 nitrogen and oxygen atoms in total. The summed E-state index contributed by atoms with van der Waals surface area (Å²) in [5.74, 6) is -1.15. The van der Waals surface area contributed by atoms with Gasteiger partial charge in [0.15, 0.2) is 17.7 Å². The van der Waals surface area contributed by atoms with E-state index in [-0.39, 0.29) is 54.2 Å². The topological polar surface area (TPSA) is 245 Å². The summed E-state index contributed by atoms with van der Waals surface area (Å²) in [6.07, 6.45) is -2.84. The first-order chi connectivity index (χ1) is 21.6. The van der Waals surface area contributed by atoms with Crippen LogP contribution in [0, 0.1) is 0 Å². The molecular weight excluding hydrogens is 625 g/mol. The lowest BCUT2D eigenvalue weighted by atomic mass is 9.96. The molecule has 3 aromatic rings. The van der Waals surface area contributed by atoms with E-state index in [1.54, 1.807) is 39.0 Å². The van der Waals surface area contributed by atoms with Gasteiger partial charge in [-0.1, -0.05) is 18.2 Å². The van der Waals surface area contributed by atoms with Crippen molar-refractivity contribution in [1.29, 1.82) is 0 Å². The third-order valence-electron chi connectivity index (χ3n) is 7.03. The molecule has 0 radical (unpaired) electrons. The zero-order valence-corrected chi connectivity index (χ0v) is 27.0. The highest BCUT2D eigenvalue weighted by Crippen LogP contribution is 2.48. The van der Waals surface area contributed by atoms with Crippen LogP contribution in [-0.2, 0) is 39.3 Å². The number of carbonyl (C=O) groups is 2. The highest BCUT2D eigenvalue weighted by molar-refractivity contribution is 7.52. The highest BCUT2D eigenvalue weighted by atomic mass is 31.2. The minimum atomic E-state index is -4.44. The highest BCUT2D eigenvalue weighted by Gasteiger charge is 2.54. The Morgan fingerprint density at radius 3 is 2.63 bits per heavy atom. The molecule has 0 saturated carbocycles. The molecule has 252 valence electrons. The molecule has 1 fully saturated rings. The fourth-order valence-corrected chi connectivity index (χ4v) is 6.35. The number of hydrogen-bond donors (Lipinski definition) is 5. The second-order valence-electron chi connectivity index (χ2n) is 11.1. The predicted molar refractivity (Wildman–Crippen MR) is 164 cm³/mol. The average Bonchev–Trinajstić information content (AvgIpc) is 3.48. The minimum absolute atomic E-state index is 0.0105. The predicted octanol–water partition coefficient (Wildman–Crippen LogP) is 1.63. The van der Waals surface area contributed by atoms with Gasteiger partial charge in [-0.05, 0) is 52.7 Å². The fourth-order valence-electron chi connectivity index (χ4n) is 4.81. The number of benzene rings is 1. The summed E-state index contributed by atoms with van der Waals surface area (Å²) in [7, 11) is -4.44. The molecule has 1 aliphatic heterocycles. The van der Waals surface area contributed by atoms with Gasteiger partial charge in [0.25, 0.3) is 0 Å². The number of hydrogen-bond acceptors (Lipinski definition) is 15. The molecule has 0 bridgehead atoms. The average molecular weight is 666 g/mol. The van der Waals surface area contributed by atoms with Crippen LogP contribution in [-0.4, -0.2) is 84.8 Å². The molecule has 3 heterocycles. The fraction of sp³-hybridized carbons (Fsp3) is 0.536. The number of rotatable bonds is 14. The monoisotopic (exact) mass is 665 g/mol. The number of nitrogens with two attached hydrogens (primary N) is 2. The van der Waals surface area contributed by atoms with Gasteiger partial charge in [0, 0.05) is 6.42 Å². The number of nitrogen functional groups attached to an aromatic ring is 2. The maximum Gasteiger partial charge on any atom is 0.459 e. The molecule has 4 rings (SSSR count). The first-order valence-corrected chi connectivity index (χ1v) is 16.2. The largest absolute Gasteiger partial charge is 0.465 e. The number of imidazole rings is 1. The number of aliphatic hydroxyl groups is 2. The number of para-hydroxylation sites is 1. The van der Waals surface area contributed by atoms with Crippen molar-refractivity contribution in [2.24, 2.45) is 0 Å². The number of anilines is 2. The molecule has 1 saturated heterocycles. The smallest absolute Gasteiger partial charge is 0.459 e. The molecule has 1 unspecified atom stereocenters. The number of nitrogens with one attached hydrogen (secondary N) is 1. The molecule has 1 aromatic carbocycles. The molecule has 18 heteroatoms. The zero-order chi connectivity index (χ0) is 33.8. The van der Waals surface area contributed by atoms with E-state index in [4.69, 9.17) is 34.7 Å². The first-order valence-electron chi connectivity index (χ1n) is 14.6. The Labute approximate surface area is 265 Å². The van der Waals surface area contributed by atoms with E-state index >= 15 is 0 Å². The lowest BCUT2D eigenvalue weighted by Gasteiger charge is -2.27. The number of carbonyl (C=O) groups excluding carboxylic acids is 2. The Morgan fingerprint density at radius 2 is 1.93 bits per heavy atom. The van der Waals surface area contributed by atoms with Crippen LogP contribution in [0.15, 0.2) is 30.6 Å². The Kier molecular flexibility index (Phi) is 10.9. The summed E-state index contributed by atoms with van der Waals surface area (Å²) in [5, 5.41) is 24.9. The third kappa shape index (κ3) is 7.92. The van der Waals surface area contributed by atoms with Crippen LogP contribution in [0.2, 0.25) is 0 Å². The Hall–Kier alpha value is -3.86. The molecule has 2 aromatic heterocycles. The number of aliphatic hydroxyl groups excluding tert-OH is 1.